The van der Waals surface area contributed by atoms with E-state index in [2.05, 4.69) is 10.3 Å². The molecule has 0 spiro atoms. The van der Waals surface area contributed by atoms with Crippen LogP contribution in [-0.2, 0) is 0 Å². The highest BCUT2D eigenvalue weighted by Gasteiger charge is 2.07. The highest BCUT2D eigenvalue weighted by Crippen LogP contribution is 2.28. The van der Waals surface area contributed by atoms with Crippen LogP contribution < -0.4 is 21.5 Å². The van der Waals surface area contributed by atoms with Crippen molar-refractivity contribution in [1.82, 2.24) is 4.98 Å². The van der Waals surface area contributed by atoms with Crippen LogP contribution >= 0.6 is 0 Å². The summed E-state index contributed by atoms with van der Waals surface area (Å²) in [4.78, 5) is 13.7. The summed E-state index contributed by atoms with van der Waals surface area (Å²) in [6, 6.07) is 10.8. The number of oxazole rings is 1. The van der Waals surface area contributed by atoms with Crippen LogP contribution in [0.1, 0.15) is 0 Å². The molecule has 0 aliphatic carbocycles. The fraction of sp³-hybridized carbons (Fsp3) is 0.0714. The van der Waals surface area contributed by atoms with Crippen LogP contribution in [-0.4, -0.2) is 12.1 Å². The van der Waals surface area contributed by atoms with Gasteiger partial charge >= 0.3 is 5.76 Å². The van der Waals surface area contributed by atoms with Gasteiger partial charge in [-0.3, -0.25) is 4.98 Å². The second-order valence-corrected chi connectivity index (χ2v) is 4.31. The molecular weight excluding hydrogens is 258 g/mol. The molecule has 1 aromatic heterocycles. The summed E-state index contributed by atoms with van der Waals surface area (Å²) < 4.78 is 10.1. The third-order valence-electron chi connectivity index (χ3n) is 2.94. The van der Waals surface area contributed by atoms with Crippen molar-refractivity contribution in [3.63, 3.8) is 0 Å². The van der Waals surface area contributed by atoms with Gasteiger partial charge in [-0.05, 0) is 18.2 Å². The van der Waals surface area contributed by atoms with Gasteiger partial charge in [0.25, 0.3) is 0 Å². The van der Waals surface area contributed by atoms with Crippen LogP contribution in [0.2, 0.25) is 0 Å². The third-order valence-corrected chi connectivity index (χ3v) is 2.94. The molecule has 6 nitrogen and oxygen atoms in total. The molecule has 0 saturated heterocycles. The summed E-state index contributed by atoms with van der Waals surface area (Å²) in [5, 5.41) is 3.18. The number of nitrogen functional groups attached to an aromatic ring is 1. The lowest BCUT2D eigenvalue weighted by Gasteiger charge is -2.10. The van der Waals surface area contributed by atoms with Crippen LogP contribution in [0, 0.1) is 0 Å². The van der Waals surface area contributed by atoms with Crippen molar-refractivity contribution >= 4 is 28.2 Å². The van der Waals surface area contributed by atoms with Gasteiger partial charge in [0.1, 0.15) is 5.75 Å². The fourth-order valence-corrected chi connectivity index (χ4v) is 1.98. The molecule has 6 heteroatoms. The SMILES string of the molecule is COc1cccc(Nc2cc3[nH]c(=O)oc3cc2N)c1. The second-order valence-electron chi connectivity index (χ2n) is 4.31. The quantitative estimate of drug-likeness (QED) is 0.636. The number of aromatic nitrogens is 1. The molecule has 20 heavy (non-hydrogen) atoms. The average molecular weight is 271 g/mol. The molecule has 1 heterocycles. The van der Waals surface area contributed by atoms with Crippen LogP contribution in [0.5, 0.6) is 5.75 Å². The zero-order valence-electron chi connectivity index (χ0n) is 10.8. The van der Waals surface area contributed by atoms with Crippen molar-refractivity contribution in [1.29, 1.82) is 0 Å². The molecule has 4 N–H and O–H groups in total. The van der Waals surface area contributed by atoms with Gasteiger partial charge in [-0.2, -0.15) is 0 Å². The Morgan fingerprint density at radius 3 is 2.95 bits per heavy atom. The highest BCUT2D eigenvalue weighted by atomic mass is 16.5. The van der Waals surface area contributed by atoms with Crippen molar-refractivity contribution in [2.24, 2.45) is 0 Å². The number of hydrogen-bond acceptors (Lipinski definition) is 5. The average Bonchev–Trinajstić information content (AvgIpc) is 2.78. The minimum atomic E-state index is -0.502. The maximum atomic E-state index is 11.2. The zero-order valence-corrected chi connectivity index (χ0v) is 10.8. The molecule has 0 fully saturated rings. The fourth-order valence-electron chi connectivity index (χ4n) is 1.98. The van der Waals surface area contributed by atoms with Crippen LogP contribution in [0.3, 0.4) is 0 Å². The van der Waals surface area contributed by atoms with Gasteiger partial charge in [-0.25, -0.2) is 4.79 Å². The number of fused-ring (bicyclic) bond motifs is 1. The van der Waals surface area contributed by atoms with Gasteiger partial charge in [-0.1, -0.05) is 6.07 Å². The predicted octanol–water partition coefficient (Wildman–Crippen LogP) is 2.46. The summed E-state index contributed by atoms with van der Waals surface area (Å²) in [5.74, 6) is 0.240. The summed E-state index contributed by atoms with van der Waals surface area (Å²) in [6.45, 7) is 0. The molecule has 0 unspecified atom stereocenters. The van der Waals surface area contributed by atoms with E-state index >= 15 is 0 Å². The lowest BCUT2D eigenvalue weighted by Crippen LogP contribution is -1.97. The molecule has 2 aromatic carbocycles. The van der Waals surface area contributed by atoms with Gasteiger partial charge < -0.3 is 20.2 Å². The van der Waals surface area contributed by atoms with Crippen molar-refractivity contribution < 1.29 is 9.15 Å². The van der Waals surface area contributed by atoms with Gasteiger partial charge in [0, 0.05) is 17.8 Å². The zero-order chi connectivity index (χ0) is 14.1. The summed E-state index contributed by atoms with van der Waals surface area (Å²) in [7, 11) is 1.61. The Morgan fingerprint density at radius 2 is 2.15 bits per heavy atom. The van der Waals surface area contributed by atoms with E-state index in [1.165, 1.54) is 0 Å². The highest BCUT2D eigenvalue weighted by molar-refractivity contribution is 5.87. The molecule has 0 atom stereocenters. The first kappa shape index (κ1) is 12.2. The van der Waals surface area contributed by atoms with E-state index in [1.54, 1.807) is 19.2 Å². The van der Waals surface area contributed by atoms with E-state index in [1.807, 2.05) is 24.3 Å². The van der Waals surface area contributed by atoms with Gasteiger partial charge in [0.2, 0.25) is 0 Å². The molecule has 0 aliphatic rings. The number of nitrogens with one attached hydrogen (secondary N) is 2. The van der Waals surface area contributed by atoms with Crippen molar-refractivity contribution in [2.45, 2.75) is 0 Å². The predicted molar refractivity (Wildman–Crippen MR) is 77.5 cm³/mol. The molecule has 3 rings (SSSR count). The first-order valence-electron chi connectivity index (χ1n) is 5.99. The molecule has 0 amide bonds. The molecule has 0 saturated carbocycles. The van der Waals surface area contributed by atoms with Crippen molar-refractivity contribution in [3.05, 3.63) is 46.9 Å². The normalized spacial score (nSPS) is 10.7. The van der Waals surface area contributed by atoms with E-state index in [-0.39, 0.29) is 0 Å². The van der Waals surface area contributed by atoms with Crippen LogP contribution in [0.25, 0.3) is 11.1 Å². The third kappa shape index (κ3) is 2.18. The number of H-pyrrole nitrogens is 1. The molecule has 3 aromatic rings. The Balaban J connectivity index is 2.00. The first-order valence-corrected chi connectivity index (χ1v) is 5.99. The smallest absolute Gasteiger partial charge is 0.417 e. The van der Waals surface area contributed by atoms with E-state index in [9.17, 15) is 4.79 Å². The number of benzene rings is 2. The number of nitrogens with two attached hydrogens (primary N) is 1. The maximum Gasteiger partial charge on any atom is 0.417 e. The maximum absolute atomic E-state index is 11.2. The first-order chi connectivity index (χ1) is 9.65. The summed E-state index contributed by atoms with van der Waals surface area (Å²) in [5.41, 5.74) is 8.98. The molecule has 102 valence electrons. The molecular formula is C14H13N3O3. The standard InChI is InChI=1S/C14H13N3O3/c1-19-9-4-2-3-8(5-9)16-11-7-12-13(6-10(11)15)20-14(18)17-12/h2-7,16H,15H2,1H3,(H,17,18). The van der Waals surface area contributed by atoms with E-state index in [0.29, 0.717) is 22.5 Å². The number of anilines is 3. The largest absolute Gasteiger partial charge is 0.497 e. The van der Waals surface area contributed by atoms with Gasteiger partial charge in [0.05, 0.1) is 24.0 Å². The Bertz CT molecular complexity index is 820. The lowest BCUT2D eigenvalue weighted by atomic mass is 10.2. The van der Waals surface area contributed by atoms with Crippen molar-refractivity contribution in [3.8, 4) is 5.75 Å². The molecule has 0 bridgehead atoms. The van der Waals surface area contributed by atoms with E-state index < -0.39 is 5.76 Å². The number of rotatable bonds is 3. The van der Waals surface area contributed by atoms with Crippen LogP contribution in [0.15, 0.2) is 45.6 Å². The summed E-state index contributed by atoms with van der Waals surface area (Å²) >= 11 is 0. The van der Waals surface area contributed by atoms with Gasteiger partial charge in [-0.15, -0.1) is 0 Å². The minimum absolute atomic E-state index is 0.434. The molecule has 0 radical (unpaired) electrons. The molecule has 0 aliphatic heterocycles. The van der Waals surface area contributed by atoms with Crippen molar-refractivity contribution in [2.75, 3.05) is 18.2 Å². The lowest BCUT2D eigenvalue weighted by molar-refractivity contribution is 0.415. The Hall–Kier alpha value is -2.89. The van der Waals surface area contributed by atoms with E-state index in [4.69, 9.17) is 14.9 Å². The number of hydrogen-bond donors (Lipinski definition) is 3. The minimum Gasteiger partial charge on any atom is -0.497 e. The monoisotopic (exact) mass is 271 g/mol. The summed E-state index contributed by atoms with van der Waals surface area (Å²) in [6.07, 6.45) is 0. The van der Waals surface area contributed by atoms with E-state index in [0.717, 1.165) is 11.4 Å². The Kier molecular flexibility index (Phi) is 2.83. The number of aromatic amines is 1. The second kappa shape index (κ2) is 4.65. The van der Waals surface area contributed by atoms with Crippen LogP contribution in [0.4, 0.5) is 17.1 Å². The van der Waals surface area contributed by atoms with Gasteiger partial charge in [0.15, 0.2) is 5.58 Å². The number of ether oxygens (including phenoxy) is 1. The topological polar surface area (TPSA) is 93.3 Å². The number of methoxy groups -OCH3 is 1. The Morgan fingerprint density at radius 1 is 1.30 bits per heavy atom. The Labute approximate surface area is 114 Å².